The molecule has 0 bridgehead atoms. The Morgan fingerprint density at radius 1 is 1.33 bits per heavy atom. The molecule has 0 saturated carbocycles. The lowest BCUT2D eigenvalue weighted by Gasteiger charge is -2.31. The second kappa shape index (κ2) is 5.69. The van der Waals surface area contributed by atoms with Crippen LogP contribution in [0.25, 0.3) is 0 Å². The number of ether oxygens (including phenoxy) is 1. The van der Waals surface area contributed by atoms with Gasteiger partial charge < -0.3 is 15.8 Å². The van der Waals surface area contributed by atoms with E-state index in [1.807, 2.05) is 12.1 Å². The van der Waals surface area contributed by atoms with Crippen LogP contribution in [0.4, 0.5) is 0 Å². The average Bonchev–Trinajstić information content (AvgIpc) is 2.38. The van der Waals surface area contributed by atoms with Gasteiger partial charge in [-0.25, -0.2) is 0 Å². The van der Waals surface area contributed by atoms with Crippen LogP contribution in [0.1, 0.15) is 18.4 Å². The van der Waals surface area contributed by atoms with Gasteiger partial charge in [0.25, 0.3) is 0 Å². The molecule has 18 heavy (non-hydrogen) atoms. The number of rotatable bonds is 3. The molecule has 0 atom stereocenters. The Morgan fingerprint density at radius 3 is 2.56 bits per heavy atom. The fourth-order valence-corrected chi connectivity index (χ4v) is 2.05. The first-order chi connectivity index (χ1) is 8.60. The third-order valence-electron chi connectivity index (χ3n) is 3.20. The number of hydrogen-bond donors (Lipinski definition) is 2. The van der Waals surface area contributed by atoms with Gasteiger partial charge in [0.15, 0.2) is 0 Å². The molecule has 5 heteroatoms. The van der Waals surface area contributed by atoms with E-state index < -0.39 is 5.54 Å². The third kappa shape index (κ3) is 3.22. The minimum absolute atomic E-state index is 0.110. The summed E-state index contributed by atoms with van der Waals surface area (Å²) < 4.78 is 5.22. The molecule has 0 unspecified atom stereocenters. The first-order valence-electron chi connectivity index (χ1n) is 5.99. The molecule has 1 heterocycles. The lowest BCUT2D eigenvalue weighted by atomic mass is 9.90. The lowest BCUT2D eigenvalue weighted by molar-refractivity contribution is -0.129. The third-order valence-corrected chi connectivity index (χ3v) is 3.46. The topological polar surface area (TPSA) is 64.4 Å². The van der Waals surface area contributed by atoms with Crippen LogP contribution >= 0.6 is 11.6 Å². The number of nitrogens with two attached hydrogens (primary N) is 1. The maximum absolute atomic E-state index is 12.0. The van der Waals surface area contributed by atoms with E-state index in [4.69, 9.17) is 22.1 Å². The van der Waals surface area contributed by atoms with Crippen molar-refractivity contribution in [1.82, 2.24) is 5.32 Å². The quantitative estimate of drug-likeness (QED) is 0.872. The van der Waals surface area contributed by atoms with E-state index in [0.29, 0.717) is 37.6 Å². The second-order valence-corrected chi connectivity index (χ2v) is 5.01. The first-order valence-corrected chi connectivity index (χ1v) is 6.37. The van der Waals surface area contributed by atoms with Crippen molar-refractivity contribution in [3.63, 3.8) is 0 Å². The minimum atomic E-state index is -0.787. The van der Waals surface area contributed by atoms with Crippen LogP contribution in [0.3, 0.4) is 0 Å². The lowest BCUT2D eigenvalue weighted by Crippen LogP contribution is -2.56. The number of halogens is 1. The Balaban J connectivity index is 1.89. The SMILES string of the molecule is NC1(C(=O)NCc2ccc(Cl)cc2)CCOCC1. The zero-order valence-corrected chi connectivity index (χ0v) is 10.9. The zero-order chi connectivity index (χ0) is 13.0. The number of nitrogens with one attached hydrogen (secondary N) is 1. The molecule has 1 aliphatic rings. The maximum Gasteiger partial charge on any atom is 0.240 e. The van der Waals surface area contributed by atoms with Crippen LogP contribution in [-0.2, 0) is 16.1 Å². The molecular weight excluding hydrogens is 252 g/mol. The van der Waals surface area contributed by atoms with Gasteiger partial charge in [0, 0.05) is 24.8 Å². The van der Waals surface area contributed by atoms with Crippen LogP contribution in [0, 0.1) is 0 Å². The van der Waals surface area contributed by atoms with Crippen molar-refractivity contribution in [2.75, 3.05) is 13.2 Å². The largest absolute Gasteiger partial charge is 0.381 e. The Labute approximate surface area is 111 Å². The summed E-state index contributed by atoms with van der Waals surface area (Å²) >= 11 is 5.80. The molecule has 1 aromatic carbocycles. The van der Waals surface area contributed by atoms with Crippen LogP contribution in [0.2, 0.25) is 5.02 Å². The smallest absolute Gasteiger partial charge is 0.240 e. The van der Waals surface area contributed by atoms with Gasteiger partial charge in [0.05, 0.1) is 5.54 Å². The summed E-state index contributed by atoms with van der Waals surface area (Å²) in [6, 6.07) is 7.37. The van der Waals surface area contributed by atoms with Gasteiger partial charge in [-0.15, -0.1) is 0 Å². The van der Waals surface area contributed by atoms with Crippen molar-refractivity contribution in [3.8, 4) is 0 Å². The highest BCUT2D eigenvalue weighted by molar-refractivity contribution is 6.30. The van der Waals surface area contributed by atoms with E-state index in [2.05, 4.69) is 5.32 Å². The van der Waals surface area contributed by atoms with Crippen molar-refractivity contribution < 1.29 is 9.53 Å². The van der Waals surface area contributed by atoms with Crippen LogP contribution < -0.4 is 11.1 Å². The molecule has 3 N–H and O–H groups in total. The zero-order valence-electron chi connectivity index (χ0n) is 10.1. The van der Waals surface area contributed by atoms with Gasteiger partial charge in [0.1, 0.15) is 0 Å². The number of carbonyl (C=O) groups excluding carboxylic acids is 1. The van der Waals surface area contributed by atoms with Crippen LogP contribution in [-0.4, -0.2) is 24.7 Å². The molecule has 1 aromatic rings. The fraction of sp³-hybridized carbons (Fsp3) is 0.462. The average molecular weight is 269 g/mol. The Kier molecular flexibility index (Phi) is 4.22. The van der Waals surface area contributed by atoms with E-state index in [9.17, 15) is 4.79 Å². The summed E-state index contributed by atoms with van der Waals surface area (Å²) in [5.41, 5.74) is 6.29. The number of carbonyl (C=O) groups is 1. The van der Waals surface area contributed by atoms with Gasteiger partial charge in [-0.05, 0) is 30.5 Å². The molecule has 1 fully saturated rings. The van der Waals surface area contributed by atoms with Crippen molar-refractivity contribution >= 4 is 17.5 Å². The van der Waals surface area contributed by atoms with Gasteiger partial charge in [-0.2, -0.15) is 0 Å². The van der Waals surface area contributed by atoms with E-state index in [1.54, 1.807) is 12.1 Å². The number of benzene rings is 1. The van der Waals surface area contributed by atoms with Crippen molar-refractivity contribution in [1.29, 1.82) is 0 Å². The Bertz CT molecular complexity index is 414. The highest BCUT2D eigenvalue weighted by atomic mass is 35.5. The summed E-state index contributed by atoms with van der Waals surface area (Å²) in [7, 11) is 0. The van der Waals surface area contributed by atoms with Crippen LogP contribution in [0.15, 0.2) is 24.3 Å². The van der Waals surface area contributed by atoms with Crippen molar-refractivity contribution in [3.05, 3.63) is 34.9 Å². The van der Waals surface area contributed by atoms with Gasteiger partial charge in [-0.3, -0.25) is 4.79 Å². The summed E-state index contributed by atoms with van der Waals surface area (Å²) in [5, 5.41) is 3.55. The van der Waals surface area contributed by atoms with Gasteiger partial charge >= 0.3 is 0 Å². The molecular formula is C13H17ClN2O2. The van der Waals surface area contributed by atoms with E-state index >= 15 is 0 Å². The fourth-order valence-electron chi connectivity index (χ4n) is 1.92. The van der Waals surface area contributed by atoms with E-state index in [1.165, 1.54) is 0 Å². The molecule has 0 radical (unpaired) electrons. The molecule has 1 saturated heterocycles. The predicted octanol–water partition coefficient (Wildman–Crippen LogP) is 1.46. The van der Waals surface area contributed by atoms with Gasteiger partial charge in [0.2, 0.25) is 5.91 Å². The highest BCUT2D eigenvalue weighted by Crippen LogP contribution is 2.18. The molecule has 1 aliphatic heterocycles. The second-order valence-electron chi connectivity index (χ2n) is 4.58. The number of amides is 1. The monoisotopic (exact) mass is 268 g/mol. The van der Waals surface area contributed by atoms with Crippen molar-refractivity contribution in [2.24, 2.45) is 5.73 Å². The maximum atomic E-state index is 12.0. The molecule has 98 valence electrons. The summed E-state index contributed by atoms with van der Waals surface area (Å²) in [6.07, 6.45) is 1.14. The van der Waals surface area contributed by atoms with Gasteiger partial charge in [-0.1, -0.05) is 23.7 Å². The molecule has 0 aromatic heterocycles. The molecule has 1 amide bonds. The molecule has 0 spiro atoms. The standard InChI is InChI=1S/C13H17ClN2O2/c14-11-3-1-10(2-4-11)9-16-12(17)13(15)5-7-18-8-6-13/h1-4H,5-9,15H2,(H,16,17). The molecule has 0 aliphatic carbocycles. The van der Waals surface area contributed by atoms with E-state index in [0.717, 1.165) is 5.56 Å². The Morgan fingerprint density at radius 2 is 1.94 bits per heavy atom. The van der Waals surface area contributed by atoms with Crippen molar-refractivity contribution in [2.45, 2.75) is 24.9 Å². The highest BCUT2D eigenvalue weighted by Gasteiger charge is 2.35. The molecule has 4 nitrogen and oxygen atoms in total. The summed E-state index contributed by atoms with van der Waals surface area (Å²) in [6.45, 7) is 1.56. The van der Waals surface area contributed by atoms with Crippen LogP contribution in [0.5, 0.6) is 0 Å². The summed E-state index contributed by atoms with van der Waals surface area (Å²) in [4.78, 5) is 12.0. The van der Waals surface area contributed by atoms with E-state index in [-0.39, 0.29) is 5.91 Å². The normalized spacial score (nSPS) is 18.3. The predicted molar refractivity (Wildman–Crippen MR) is 70.3 cm³/mol. The summed E-state index contributed by atoms with van der Waals surface area (Å²) in [5.74, 6) is -0.110. The minimum Gasteiger partial charge on any atom is -0.381 e. The Hall–Kier alpha value is -1.10. The number of hydrogen-bond acceptors (Lipinski definition) is 3. The first kappa shape index (κ1) is 13.3. The molecule has 2 rings (SSSR count).